The van der Waals surface area contributed by atoms with E-state index in [0.717, 1.165) is 12.3 Å². The van der Waals surface area contributed by atoms with Crippen molar-refractivity contribution in [3.8, 4) is 0 Å². The van der Waals surface area contributed by atoms with E-state index in [1.807, 2.05) is 6.92 Å². The van der Waals surface area contributed by atoms with Gasteiger partial charge in [0.25, 0.3) is 0 Å². The highest BCUT2D eigenvalue weighted by molar-refractivity contribution is 5.78. The highest BCUT2D eigenvalue weighted by Gasteiger charge is 2.25. The highest BCUT2D eigenvalue weighted by atomic mass is 16.1. The number of hydrogen-bond acceptors (Lipinski definition) is 1. The van der Waals surface area contributed by atoms with Gasteiger partial charge in [-0.3, -0.25) is 4.79 Å². The van der Waals surface area contributed by atoms with E-state index in [1.165, 1.54) is 24.0 Å². The van der Waals surface area contributed by atoms with Gasteiger partial charge in [-0.25, -0.2) is 0 Å². The molecule has 0 aliphatic heterocycles. The molecule has 2 rings (SSSR count). The van der Waals surface area contributed by atoms with Crippen LogP contribution in [0.1, 0.15) is 49.7 Å². The van der Waals surface area contributed by atoms with Gasteiger partial charge in [-0.2, -0.15) is 0 Å². The van der Waals surface area contributed by atoms with Crippen molar-refractivity contribution in [1.29, 1.82) is 0 Å². The molecule has 1 aromatic rings. The van der Waals surface area contributed by atoms with Gasteiger partial charge < -0.3 is 0 Å². The maximum absolute atomic E-state index is 11.3. The maximum Gasteiger partial charge on any atom is 0.132 e. The fourth-order valence-electron chi connectivity index (χ4n) is 2.01. The van der Waals surface area contributed by atoms with Gasteiger partial charge in [0.1, 0.15) is 5.78 Å². The minimum Gasteiger partial charge on any atom is -0.300 e. The molecule has 0 unspecified atom stereocenters. The van der Waals surface area contributed by atoms with Crippen molar-refractivity contribution in [3.05, 3.63) is 35.4 Å². The van der Waals surface area contributed by atoms with E-state index in [-0.39, 0.29) is 0 Å². The van der Waals surface area contributed by atoms with Crippen molar-refractivity contribution in [3.63, 3.8) is 0 Å². The van der Waals surface area contributed by atoms with Crippen LogP contribution < -0.4 is 0 Å². The summed E-state index contributed by atoms with van der Waals surface area (Å²) in [6.07, 6.45) is 4.97. The minimum atomic E-state index is 0.376. The van der Waals surface area contributed by atoms with E-state index in [0.29, 0.717) is 18.6 Å². The van der Waals surface area contributed by atoms with Gasteiger partial charge in [-0.1, -0.05) is 31.2 Å². The Bertz CT molecular complexity index is 350. The monoisotopic (exact) mass is 202 g/mol. The molecule has 1 aromatic carbocycles. The van der Waals surface area contributed by atoms with E-state index in [4.69, 9.17) is 0 Å². The Morgan fingerprint density at radius 2 is 2.07 bits per heavy atom. The second-order valence-corrected chi connectivity index (χ2v) is 4.37. The quantitative estimate of drug-likeness (QED) is 0.714. The van der Waals surface area contributed by atoms with Gasteiger partial charge in [0, 0.05) is 12.8 Å². The molecule has 0 saturated heterocycles. The molecule has 1 aliphatic rings. The Morgan fingerprint density at radius 1 is 1.33 bits per heavy atom. The zero-order valence-corrected chi connectivity index (χ0v) is 9.33. The lowest BCUT2D eigenvalue weighted by atomic mass is 9.98. The predicted molar refractivity (Wildman–Crippen MR) is 62.0 cm³/mol. The topological polar surface area (TPSA) is 17.1 Å². The van der Waals surface area contributed by atoms with Crippen molar-refractivity contribution in [1.82, 2.24) is 0 Å². The lowest BCUT2D eigenvalue weighted by molar-refractivity contribution is -0.118. The van der Waals surface area contributed by atoms with Crippen LogP contribution in [0.2, 0.25) is 0 Å². The van der Waals surface area contributed by atoms with Gasteiger partial charge in [0.15, 0.2) is 0 Å². The second-order valence-electron chi connectivity index (χ2n) is 4.37. The van der Waals surface area contributed by atoms with E-state index in [1.54, 1.807) is 0 Å². The van der Waals surface area contributed by atoms with Crippen molar-refractivity contribution < 1.29 is 4.79 Å². The standard InChI is InChI=1S/C14H18O/c1-2-13(15)10-9-11-5-3-4-6-14(11)12-7-8-12/h3-6,12H,2,7-10H2,1H3. The molecule has 0 bridgehead atoms. The molecule has 0 spiro atoms. The maximum atomic E-state index is 11.3. The summed E-state index contributed by atoms with van der Waals surface area (Å²) in [7, 11) is 0. The smallest absolute Gasteiger partial charge is 0.132 e. The van der Waals surface area contributed by atoms with Crippen molar-refractivity contribution in [2.45, 2.75) is 44.9 Å². The number of hydrogen-bond donors (Lipinski definition) is 0. The fraction of sp³-hybridized carbons (Fsp3) is 0.500. The number of benzene rings is 1. The first-order chi connectivity index (χ1) is 7.31. The molecule has 1 saturated carbocycles. The Balaban J connectivity index is 2.03. The van der Waals surface area contributed by atoms with Crippen molar-refractivity contribution in [2.24, 2.45) is 0 Å². The third kappa shape index (κ3) is 2.68. The molecule has 0 atom stereocenters. The number of rotatable bonds is 5. The minimum absolute atomic E-state index is 0.376. The van der Waals surface area contributed by atoms with Gasteiger partial charge in [0.05, 0.1) is 0 Å². The van der Waals surface area contributed by atoms with Gasteiger partial charge in [-0.05, 0) is 36.3 Å². The summed E-state index contributed by atoms with van der Waals surface area (Å²) in [6, 6.07) is 8.59. The van der Waals surface area contributed by atoms with Crippen LogP contribution in [0.3, 0.4) is 0 Å². The Kier molecular flexibility index (Phi) is 3.20. The van der Waals surface area contributed by atoms with Crippen LogP contribution in [-0.2, 0) is 11.2 Å². The fourth-order valence-corrected chi connectivity index (χ4v) is 2.01. The third-order valence-electron chi connectivity index (χ3n) is 3.14. The van der Waals surface area contributed by atoms with Crippen LogP contribution in [0.5, 0.6) is 0 Å². The SMILES string of the molecule is CCC(=O)CCc1ccccc1C1CC1. The van der Waals surface area contributed by atoms with E-state index in [2.05, 4.69) is 24.3 Å². The van der Waals surface area contributed by atoms with Crippen molar-refractivity contribution >= 4 is 5.78 Å². The van der Waals surface area contributed by atoms with Crippen LogP contribution >= 0.6 is 0 Å². The number of ketones is 1. The Labute approximate surface area is 91.5 Å². The first-order valence-corrected chi connectivity index (χ1v) is 5.90. The number of Topliss-reactive ketones (excluding diaryl/α,β-unsaturated/α-hetero) is 1. The summed E-state index contributed by atoms with van der Waals surface area (Å²) in [5.74, 6) is 1.17. The molecule has 1 nitrogen and oxygen atoms in total. The Hall–Kier alpha value is -1.11. The lowest BCUT2D eigenvalue weighted by Crippen LogP contribution is -2.00. The largest absolute Gasteiger partial charge is 0.300 e. The second kappa shape index (κ2) is 4.61. The van der Waals surface area contributed by atoms with Crippen LogP contribution in [0.15, 0.2) is 24.3 Å². The number of carbonyl (C=O) groups is 1. The molecule has 0 aromatic heterocycles. The molecule has 15 heavy (non-hydrogen) atoms. The molecule has 0 heterocycles. The summed E-state index contributed by atoms with van der Waals surface area (Å²) in [4.78, 5) is 11.3. The van der Waals surface area contributed by atoms with Crippen LogP contribution in [0.4, 0.5) is 0 Å². The summed E-state index contributed by atoms with van der Waals surface area (Å²) < 4.78 is 0. The lowest BCUT2D eigenvalue weighted by Gasteiger charge is -2.07. The number of carbonyl (C=O) groups excluding carboxylic acids is 1. The van der Waals surface area contributed by atoms with Gasteiger partial charge in [-0.15, -0.1) is 0 Å². The van der Waals surface area contributed by atoms with Crippen molar-refractivity contribution in [2.75, 3.05) is 0 Å². The summed E-state index contributed by atoms with van der Waals surface area (Å²) in [6.45, 7) is 1.94. The molecular weight excluding hydrogens is 184 g/mol. The first kappa shape index (κ1) is 10.4. The molecule has 1 fully saturated rings. The number of aryl methyl sites for hydroxylation is 1. The average molecular weight is 202 g/mol. The molecule has 0 N–H and O–H groups in total. The van der Waals surface area contributed by atoms with Gasteiger partial charge >= 0.3 is 0 Å². The summed E-state index contributed by atoms with van der Waals surface area (Å²) in [5, 5.41) is 0. The highest BCUT2D eigenvalue weighted by Crippen LogP contribution is 2.41. The molecular formula is C14H18O. The Morgan fingerprint density at radius 3 is 2.73 bits per heavy atom. The first-order valence-electron chi connectivity index (χ1n) is 5.90. The molecule has 80 valence electrons. The van der Waals surface area contributed by atoms with Gasteiger partial charge in [0.2, 0.25) is 0 Å². The predicted octanol–water partition coefficient (Wildman–Crippen LogP) is 3.48. The zero-order chi connectivity index (χ0) is 10.7. The summed E-state index contributed by atoms with van der Waals surface area (Å²) in [5.41, 5.74) is 2.88. The average Bonchev–Trinajstić information content (AvgIpc) is 3.10. The molecule has 1 aliphatic carbocycles. The van der Waals surface area contributed by atoms with Crippen LogP contribution in [0, 0.1) is 0 Å². The zero-order valence-electron chi connectivity index (χ0n) is 9.33. The van der Waals surface area contributed by atoms with E-state index >= 15 is 0 Å². The van der Waals surface area contributed by atoms with Crippen LogP contribution in [0.25, 0.3) is 0 Å². The third-order valence-corrected chi connectivity index (χ3v) is 3.14. The van der Waals surface area contributed by atoms with E-state index < -0.39 is 0 Å². The molecule has 0 amide bonds. The summed E-state index contributed by atoms with van der Waals surface area (Å²) >= 11 is 0. The van der Waals surface area contributed by atoms with E-state index in [9.17, 15) is 4.79 Å². The van der Waals surface area contributed by atoms with Crippen LogP contribution in [-0.4, -0.2) is 5.78 Å². The normalized spacial score (nSPS) is 15.3. The molecule has 1 heteroatoms. The molecule has 0 radical (unpaired) electrons.